The number of aromatic nitrogens is 4. The maximum atomic E-state index is 13.6. The zero-order chi connectivity index (χ0) is 24.4. The van der Waals surface area contributed by atoms with Gasteiger partial charge < -0.3 is 10.2 Å². The molecule has 0 unspecified atom stereocenters. The highest BCUT2D eigenvalue weighted by Crippen LogP contribution is 2.32. The van der Waals surface area contributed by atoms with Crippen LogP contribution in [0.5, 0.6) is 0 Å². The minimum atomic E-state index is -0.290. The summed E-state index contributed by atoms with van der Waals surface area (Å²) in [6.45, 7) is 1.34. The van der Waals surface area contributed by atoms with Gasteiger partial charge in [0.2, 0.25) is 5.95 Å². The smallest absolute Gasteiger partial charge is 0.223 e. The van der Waals surface area contributed by atoms with E-state index in [1.165, 1.54) is 12.1 Å². The van der Waals surface area contributed by atoms with Crippen molar-refractivity contribution in [3.8, 4) is 22.6 Å². The van der Waals surface area contributed by atoms with Gasteiger partial charge in [0, 0.05) is 36.1 Å². The topological polar surface area (TPSA) is 58.4 Å². The van der Waals surface area contributed by atoms with Gasteiger partial charge in [-0.15, -0.1) is 0 Å². The number of benzene rings is 2. The van der Waals surface area contributed by atoms with E-state index in [1.807, 2.05) is 55.0 Å². The first-order chi connectivity index (χ1) is 17.0. The van der Waals surface area contributed by atoms with Crippen LogP contribution in [0.25, 0.3) is 28.3 Å². The molecule has 6 nitrogen and oxygen atoms in total. The normalized spacial score (nSPS) is 11.3. The summed E-state index contributed by atoms with van der Waals surface area (Å²) in [5, 5.41) is 3.95. The summed E-state index contributed by atoms with van der Waals surface area (Å²) in [6, 6.07) is 20.0. The quantitative estimate of drug-likeness (QED) is 0.309. The molecule has 2 aromatic carbocycles. The Bertz CT molecular complexity index is 1480. The van der Waals surface area contributed by atoms with Gasteiger partial charge in [0.15, 0.2) is 0 Å². The second-order valence-corrected chi connectivity index (χ2v) is 9.00. The van der Waals surface area contributed by atoms with Gasteiger partial charge in [-0.3, -0.25) is 4.40 Å². The minimum Gasteiger partial charge on any atom is -0.350 e. The fraction of sp³-hybridized carbons (Fsp3) is 0.148. The van der Waals surface area contributed by atoms with Crippen molar-refractivity contribution in [2.24, 2.45) is 0 Å². The number of fused-ring (bicyclic) bond motifs is 1. The summed E-state index contributed by atoms with van der Waals surface area (Å²) in [6.07, 6.45) is 3.72. The highest BCUT2D eigenvalue weighted by molar-refractivity contribution is 6.30. The molecule has 1 N–H and O–H groups in total. The van der Waals surface area contributed by atoms with Crippen molar-refractivity contribution in [2.75, 3.05) is 19.4 Å². The average Bonchev–Trinajstić information content (AvgIpc) is 3.22. The van der Waals surface area contributed by atoms with Crippen LogP contribution in [0.2, 0.25) is 5.02 Å². The number of pyridine rings is 1. The van der Waals surface area contributed by atoms with Gasteiger partial charge in [-0.25, -0.2) is 19.3 Å². The number of hydrogen-bond donors (Lipinski definition) is 1. The van der Waals surface area contributed by atoms with Gasteiger partial charge in [-0.1, -0.05) is 23.7 Å². The first-order valence-corrected chi connectivity index (χ1v) is 11.6. The molecule has 0 bridgehead atoms. The van der Waals surface area contributed by atoms with Crippen LogP contribution in [0.15, 0.2) is 79.1 Å². The lowest BCUT2D eigenvalue weighted by atomic mass is 10.1. The Morgan fingerprint density at radius 3 is 2.57 bits per heavy atom. The number of nitrogens with one attached hydrogen (secondary N) is 1. The zero-order valence-corrected chi connectivity index (χ0v) is 20.2. The van der Waals surface area contributed by atoms with E-state index in [1.54, 1.807) is 18.3 Å². The second kappa shape index (κ2) is 9.82. The molecule has 5 aromatic rings. The predicted molar refractivity (Wildman–Crippen MR) is 138 cm³/mol. The lowest BCUT2D eigenvalue weighted by Gasteiger charge is -2.11. The van der Waals surface area contributed by atoms with Crippen LogP contribution in [0.4, 0.5) is 10.3 Å². The SMILES string of the molecule is CN(C)Cc1ccn2c(-c3ccnc(NCc4cccc(Cl)c4)n3)c(-c3ccc(F)cc3)nc2c1. The van der Waals surface area contributed by atoms with Crippen LogP contribution in [-0.2, 0) is 13.1 Å². The monoisotopic (exact) mass is 486 g/mol. The fourth-order valence-corrected chi connectivity index (χ4v) is 4.22. The van der Waals surface area contributed by atoms with Crippen LogP contribution >= 0.6 is 11.6 Å². The van der Waals surface area contributed by atoms with Crippen LogP contribution in [0.3, 0.4) is 0 Å². The molecule has 0 radical (unpaired) electrons. The summed E-state index contributed by atoms with van der Waals surface area (Å²) in [5.41, 5.74) is 6.04. The minimum absolute atomic E-state index is 0.290. The Balaban J connectivity index is 1.57. The molecule has 176 valence electrons. The Labute approximate surface area is 208 Å². The molecular weight excluding hydrogens is 463 g/mol. The lowest BCUT2D eigenvalue weighted by molar-refractivity contribution is 0.402. The first kappa shape index (κ1) is 23.0. The molecule has 0 aliphatic carbocycles. The molecule has 3 heterocycles. The van der Waals surface area contributed by atoms with Gasteiger partial charge in [0.25, 0.3) is 0 Å². The fourth-order valence-electron chi connectivity index (χ4n) is 4.01. The Morgan fingerprint density at radius 1 is 0.971 bits per heavy atom. The van der Waals surface area contributed by atoms with Crippen molar-refractivity contribution < 1.29 is 4.39 Å². The second-order valence-electron chi connectivity index (χ2n) is 8.57. The molecule has 0 aliphatic heterocycles. The standard InChI is InChI=1S/C27H24ClFN6/c1-34(2)17-19-11-13-35-24(15-19)33-25(20-6-8-22(29)9-7-20)26(35)23-10-12-30-27(32-23)31-16-18-4-3-5-21(28)14-18/h3-15H,16-17H2,1-2H3,(H,30,31,32). The molecular formula is C27H24ClFN6. The predicted octanol–water partition coefficient (Wildman–Crippen LogP) is 5.92. The van der Waals surface area contributed by atoms with E-state index in [9.17, 15) is 4.39 Å². The average molecular weight is 487 g/mol. The summed E-state index contributed by atoms with van der Waals surface area (Å²) >= 11 is 6.10. The molecule has 35 heavy (non-hydrogen) atoms. The summed E-state index contributed by atoms with van der Waals surface area (Å²) in [4.78, 5) is 16.2. The number of halogens is 2. The van der Waals surface area contributed by atoms with E-state index in [0.717, 1.165) is 40.3 Å². The van der Waals surface area contributed by atoms with Crippen molar-refractivity contribution >= 4 is 23.2 Å². The van der Waals surface area contributed by atoms with Crippen LogP contribution in [0.1, 0.15) is 11.1 Å². The van der Waals surface area contributed by atoms with Crippen molar-refractivity contribution in [1.82, 2.24) is 24.3 Å². The summed E-state index contributed by atoms with van der Waals surface area (Å²) in [5.74, 6) is 0.202. The molecule has 0 saturated heterocycles. The van der Waals surface area contributed by atoms with Crippen LogP contribution in [-0.4, -0.2) is 38.3 Å². The van der Waals surface area contributed by atoms with E-state index >= 15 is 0 Å². The van der Waals surface area contributed by atoms with Crippen molar-refractivity contribution in [2.45, 2.75) is 13.1 Å². The third kappa shape index (κ3) is 5.16. The maximum absolute atomic E-state index is 13.6. The number of rotatable bonds is 7. The first-order valence-electron chi connectivity index (χ1n) is 11.2. The molecule has 0 amide bonds. The largest absolute Gasteiger partial charge is 0.350 e. The highest BCUT2D eigenvalue weighted by atomic mass is 35.5. The van der Waals surface area contributed by atoms with Gasteiger partial charge in [0.05, 0.1) is 17.1 Å². The molecule has 0 atom stereocenters. The number of imidazole rings is 1. The number of anilines is 1. The summed E-state index contributed by atoms with van der Waals surface area (Å²) in [7, 11) is 4.06. The molecule has 8 heteroatoms. The van der Waals surface area contributed by atoms with Gasteiger partial charge >= 0.3 is 0 Å². The molecule has 0 saturated carbocycles. The van der Waals surface area contributed by atoms with Gasteiger partial charge in [-0.05, 0) is 79.8 Å². The van der Waals surface area contributed by atoms with Gasteiger partial charge in [-0.2, -0.15) is 0 Å². The van der Waals surface area contributed by atoms with E-state index in [4.69, 9.17) is 21.6 Å². The molecule has 0 aliphatic rings. The number of hydrogen-bond acceptors (Lipinski definition) is 5. The van der Waals surface area contributed by atoms with Crippen LogP contribution in [0, 0.1) is 5.82 Å². The highest BCUT2D eigenvalue weighted by Gasteiger charge is 2.18. The van der Waals surface area contributed by atoms with Gasteiger partial charge in [0.1, 0.15) is 11.5 Å². The Morgan fingerprint density at radius 2 is 1.80 bits per heavy atom. The third-order valence-corrected chi connectivity index (χ3v) is 5.78. The van der Waals surface area contributed by atoms with E-state index in [2.05, 4.69) is 27.3 Å². The van der Waals surface area contributed by atoms with E-state index < -0.39 is 0 Å². The number of nitrogens with zero attached hydrogens (tertiary/aromatic N) is 5. The maximum Gasteiger partial charge on any atom is 0.223 e. The van der Waals surface area contributed by atoms with Crippen molar-refractivity contribution in [3.63, 3.8) is 0 Å². The third-order valence-electron chi connectivity index (χ3n) is 5.54. The molecule has 0 spiro atoms. The van der Waals surface area contributed by atoms with Crippen molar-refractivity contribution in [3.05, 3.63) is 101 Å². The Hall–Kier alpha value is -3.81. The van der Waals surface area contributed by atoms with Crippen molar-refractivity contribution in [1.29, 1.82) is 0 Å². The zero-order valence-electron chi connectivity index (χ0n) is 19.4. The van der Waals surface area contributed by atoms with E-state index in [0.29, 0.717) is 23.2 Å². The molecule has 0 fully saturated rings. The molecule has 5 rings (SSSR count). The molecule has 3 aromatic heterocycles. The Kier molecular flexibility index (Phi) is 6.44. The lowest BCUT2D eigenvalue weighted by Crippen LogP contribution is -2.10. The van der Waals surface area contributed by atoms with E-state index in [-0.39, 0.29) is 5.82 Å². The van der Waals surface area contributed by atoms with Crippen LogP contribution < -0.4 is 5.32 Å². The summed E-state index contributed by atoms with van der Waals surface area (Å²) < 4.78 is 15.7.